The number of nitrogens with zero attached hydrogens (tertiary/aromatic N) is 3. The normalized spacial score (nSPS) is 20.9. The Balaban J connectivity index is 1.53. The van der Waals surface area contributed by atoms with Crippen molar-refractivity contribution in [2.24, 2.45) is 0 Å². The summed E-state index contributed by atoms with van der Waals surface area (Å²) in [5, 5.41) is 16.3. The number of methoxy groups -OCH3 is 1. The predicted octanol–water partition coefficient (Wildman–Crippen LogP) is 2.55. The first-order chi connectivity index (χ1) is 17.3. The van der Waals surface area contributed by atoms with E-state index in [4.69, 9.17) is 16.3 Å². The van der Waals surface area contributed by atoms with Crippen LogP contribution in [0.1, 0.15) is 36.8 Å². The number of aliphatic hydroxyl groups excluding tert-OH is 1. The Kier molecular flexibility index (Phi) is 8.89. The van der Waals surface area contributed by atoms with E-state index < -0.39 is 10.0 Å². The molecule has 0 spiro atoms. The van der Waals surface area contributed by atoms with Crippen molar-refractivity contribution >= 4 is 39.1 Å². The molecule has 1 saturated carbocycles. The van der Waals surface area contributed by atoms with E-state index in [-0.39, 0.29) is 18.7 Å². The van der Waals surface area contributed by atoms with Crippen molar-refractivity contribution in [1.82, 2.24) is 19.6 Å². The number of nitrogens with one attached hydrogen (secondary N) is 3. The number of aliphatic hydroxyl groups is 1. The van der Waals surface area contributed by atoms with Gasteiger partial charge in [0.1, 0.15) is 10.8 Å². The molecule has 1 aromatic carbocycles. The van der Waals surface area contributed by atoms with Crippen molar-refractivity contribution in [3.05, 3.63) is 34.5 Å². The van der Waals surface area contributed by atoms with Gasteiger partial charge in [-0.05, 0) is 48.9 Å². The first-order valence-electron chi connectivity index (χ1n) is 12.3. The van der Waals surface area contributed by atoms with Crippen LogP contribution in [0.2, 0.25) is 5.02 Å². The zero-order valence-electron chi connectivity index (χ0n) is 20.8. The van der Waals surface area contributed by atoms with E-state index in [1.54, 1.807) is 7.11 Å². The number of ether oxygens (including phenoxy) is 1. The number of sulfonamides is 1. The van der Waals surface area contributed by atoms with Crippen molar-refractivity contribution in [2.45, 2.75) is 50.6 Å². The molecule has 36 heavy (non-hydrogen) atoms. The van der Waals surface area contributed by atoms with Crippen molar-refractivity contribution in [3.8, 4) is 5.75 Å². The van der Waals surface area contributed by atoms with Gasteiger partial charge in [-0.3, -0.25) is 0 Å². The number of rotatable bonds is 9. The highest BCUT2D eigenvalue weighted by atomic mass is 35.5. The zero-order chi connectivity index (χ0) is 25.7. The lowest BCUT2D eigenvalue weighted by Gasteiger charge is -2.32. The van der Waals surface area contributed by atoms with Crippen LogP contribution in [0, 0.1) is 0 Å². The Hall–Kier alpha value is -2.18. The molecule has 2 heterocycles. The lowest BCUT2D eigenvalue weighted by atomic mass is 9.91. The summed E-state index contributed by atoms with van der Waals surface area (Å²) in [5.41, 5.74) is 3.22. The number of fused-ring (bicyclic) bond motifs is 1. The van der Waals surface area contributed by atoms with Gasteiger partial charge in [0.05, 0.1) is 31.9 Å². The van der Waals surface area contributed by atoms with E-state index in [1.807, 2.05) is 0 Å². The number of hydrogen-bond acceptors (Lipinski definition) is 9. The van der Waals surface area contributed by atoms with Gasteiger partial charge >= 0.3 is 0 Å². The molecule has 2 aromatic rings. The lowest BCUT2D eigenvalue weighted by molar-refractivity contribution is 0.201. The molecule has 4 rings (SSSR count). The molecule has 4 N–H and O–H groups in total. The zero-order valence-corrected chi connectivity index (χ0v) is 22.3. The first kappa shape index (κ1) is 26.9. The molecule has 10 nitrogen and oxygen atoms in total. The minimum absolute atomic E-state index is 0.127. The predicted molar refractivity (Wildman–Crippen MR) is 142 cm³/mol. The summed E-state index contributed by atoms with van der Waals surface area (Å²) in [7, 11) is -1.70. The maximum Gasteiger partial charge on any atom is 0.229 e. The third-order valence-corrected chi connectivity index (χ3v) is 7.78. The van der Waals surface area contributed by atoms with Gasteiger partial charge in [0.15, 0.2) is 5.82 Å². The Labute approximate surface area is 217 Å². The highest BCUT2D eigenvalue weighted by Crippen LogP contribution is 2.33. The van der Waals surface area contributed by atoms with E-state index in [0.29, 0.717) is 29.1 Å². The summed E-state index contributed by atoms with van der Waals surface area (Å²) in [6.45, 7) is 2.61. The molecule has 198 valence electrons. The third-order valence-electron chi connectivity index (χ3n) is 6.78. The number of benzene rings is 1. The fourth-order valence-electron chi connectivity index (χ4n) is 4.98. The Bertz CT molecular complexity index is 1170. The van der Waals surface area contributed by atoms with E-state index in [9.17, 15) is 13.5 Å². The summed E-state index contributed by atoms with van der Waals surface area (Å²) < 4.78 is 32.1. The number of aromatic nitrogens is 2. The van der Waals surface area contributed by atoms with Crippen LogP contribution in [-0.2, 0) is 22.9 Å². The van der Waals surface area contributed by atoms with Crippen molar-refractivity contribution in [3.63, 3.8) is 0 Å². The second-order valence-corrected chi connectivity index (χ2v) is 11.6. The molecule has 0 saturated heterocycles. The van der Waals surface area contributed by atoms with Crippen LogP contribution in [0.15, 0.2) is 18.3 Å². The van der Waals surface area contributed by atoms with Crippen LogP contribution in [-0.4, -0.2) is 80.1 Å². The SMILES string of the molecule is COc1cc2c(cc1Nc1ncc(Cl)c(N[C@@H]3CCCC[C@H]3NS(C)(=O)=O)n1)CCN(CCO)CC2. The van der Waals surface area contributed by atoms with Crippen LogP contribution in [0.5, 0.6) is 5.75 Å². The van der Waals surface area contributed by atoms with Crippen LogP contribution in [0.4, 0.5) is 17.5 Å². The van der Waals surface area contributed by atoms with Crippen LogP contribution in [0.3, 0.4) is 0 Å². The highest BCUT2D eigenvalue weighted by Gasteiger charge is 2.28. The molecule has 2 aliphatic rings. The quantitative estimate of drug-likeness (QED) is 0.380. The van der Waals surface area contributed by atoms with Crippen molar-refractivity contribution in [2.75, 3.05) is 50.2 Å². The molecule has 1 aliphatic carbocycles. The van der Waals surface area contributed by atoms with Crippen LogP contribution < -0.4 is 20.1 Å². The number of anilines is 3. The van der Waals surface area contributed by atoms with Gasteiger partial charge in [-0.15, -0.1) is 0 Å². The molecule has 1 aromatic heterocycles. The van der Waals surface area contributed by atoms with E-state index >= 15 is 0 Å². The minimum atomic E-state index is -3.33. The first-order valence-corrected chi connectivity index (χ1v) is 14.6. The van der Waals surface area contributed by atoms with Crippen molar-refractivity contribution in [1.29, 1.82) is 0 Å². The summed E-state index contributed by atoms with van der Waals surface area (Å²) in [6, 6.07) is 3.77. The average molecular weight is 539 g/mol. The third kappa shape index (κ3) is 6.98. The van der Waals surface area contributed by atoms with Gasteiger partial charge in [-0.2, -0.15) is 4.98 Å². The average Bonchev–Trinajstić information content (AvgIpc) is 3.03. The summed E-state index contributed by atoms with van der Waals surface area (Å²) >= 11 is 6.41. The van der Waals surface area contributed by atoms with Crippen LogP contribution >= 0.6 is 11.6 Å². The summed E-state index contributed by atoms with van der Waals surface area (Å²) in [5.74, 6) is 1.51. The van der Waals surface area contributed by atoms with Gasteiger partial charge in [0, 0.05) is 31.7 Å². The monoisotopic (exact) mass is 538 g/mol. The summed E-state index contributed by atoms with van der Waals surface area (Å²) in [4.78, 5) is 11.2. The number of β-amino-alcohol motifs (C(OH)–C–C–N with tert-alkyl or cyclic N) is 1. The maximum atomic E-state index is 11.8. The van der Waals surface area contributed by atoms with Gasteiger partial charge in [0.25, 0.3) is 0 Å². The second-order valence-electron chi connectivity index (χ2n) is 9.43. The molecule has 0 bridgehead atoms. The van der Waals surface area contributed by atoms with E-state index in [2.05, 4.69) is 42.4 Å². The molecule has 12 heteroatoms. The molecule has 0 unspecified atom stereocenters. The van der Waals surface area contributed by atoms with Gasteiger partial charge in [-0.1, -0.05) is 24.4 Å². The molecule has 1 aliphatic heterocycles. The lowest BCUT2D eigenvalue weighted by Crippen LogP contribution is -2.48. The Morgan fingerprint density at radius 3 is 2.53 bits per heavy atom. The Morgan fingerprint density at radius 1 is 1.17 bits per heavy atom. The van der Waals surface area contributed by atoms with Gasteiger partial charge in [0.2, 0.25) is 16.0 Å². The maximum absolute atomic E-state index is 11.8. The number of halogens is 1. The topological polar surface area (TPSA) is 129 Å². The standard InChI is InChI=1S/C24H35ClN6O4S/c1-35-22-14-17-8-10-31(11-12-32)9-7-16(17)13-21(22)28-24-26-15-18(25)23(29-24)27-19-5-3-4-6-20(19)30-36(2,33)34/h13-15,19-20,30,32H,3-12H2,1-2H3,(H2,26,27,28,29)/t19-,20-/m1/s1. The number of hydrogen-bond donors (Lipinski definition) is 4. The summed E-state index contributed by atoms with van der Waals surface area (Å²) in [6.07, 6.45) is 7.99. The Morgan fingerprint density at radius 2 is 1.86 bits per heavy atom. The molecule has 0 amide bonds. The fraction of sp³-hybridized carbons (Fsp3) is 0.583. The molecule has 2 atom stereocenters. The molecular weight excluding hydrogens is 504 g/mol. The van der Waals surface area contributed by atoms with E-state index in [0.717, 1.165) is 57.3 Å². The largest absolute Gasteiger partial charge is 0.495 e. The molecular formula is C24H35ClN6O4S. The molecule has 0 radical (unpaired) electrons. The van der Waals surface area contributed by atoms with Crippen molar-refractivity contribution < 1.29 is 18.3 Å². The van der Waals surface area contributed by atoms with Gasteiger partial charge in [-0.25, -0.2) is 18.1 Å². The second kappa shape index (κ2) is 11.9. The molecule has 1 fully saturated rings. The van der Waals surface area contributed by atoms with Gasteiger partial charge < -0.3 is 25.4 Å². The highest BCUT2D eigenvalue weighted by molar-refractivity contribution is 7.88. The minimum Gasteiger partial charge on any atom is -0.495 e. The van der Waals surface area contributed by atoms with Crippen LogP contribution in [0.25, 0.3) is 0 Å². The fourth-order valence-corrected chi connectivity index (χ4v) is 5.95. The smallest absolute Gasteiger partial charge is 0.229 e. The van der Waals surface area contributed by atoms with E-state index in [1.165, 1.54) is 23.6 Å².